The molecule has 1 heterocycles. The van der Waals surface area contributed by atoms with Crippen LogP contribution < -0.4 is 5.32 Å². The van der Waals surface area contributed by atoms with Crippen LogP contribution in [-0.2, 0) is 4.74 Å². The van der Waals surface area contributed by atoms with Gasteiger partial charge in [-0.05, 0) is 62.4 Å². The average Bonchev–Trinajstić information content (AvgIpc) is 3.33. The lowest BCUT2D eigenvalue weighted by Gasteiger charge is -2.35. The van der Waals surface area contributed by atoms with Crippen molar-refractivity contribution in [1.29, 1.82) is 0 Å². The van der Waals surface area contributed by atoms with Crippen LogP contribution >= 0.6 is 11.8 Å². The molecule has 110 valence electrons. The summed E-state index contributed by atoms with van der Waals surface area (Å²) in [6.45, 7) is 4.49. The highest BCUT2D eigenvalue weighted by molar-refractivity contribution is 7.99. The van der Waals surface area contributed by atoms with Crippen LogP contribution in [0.3, 0.4) is 0 Å². The van der Waals surface area contributed by atoms with Crippen molar-refractivity contribution in [2.75, 3.05) is 24.7 Å². The third-order valence-corrected chi connectivity index (χ3v) is 6.02. The molecule has 0 aromatic heterocycles. The maximum atomic E-state index is 6.16. The molecule has 0 amide bonds. The van der Waals surface area contributed by atoms with Gasteiger partial charge in [-0.25, -0.2) is 0 Å². The van der Waals surface area contributed by atoms with Crippen molar-refractivity contribution < 1.29 is 4.74 Å². The zero-order chi connectivity index (χ0) is 13.1. The fourth-order valence-corrected chi connectivity index (χ4v) is 4.23. The summed E-state index contributed by atoms with van der Waals surface area (Å²) in [5, 5.41) is 3.81. The predicted molar refractivity (Wildman–Crippen MR) is 82.8 cm³/mol. The first-order chi connectivity index (χ1) is 9.34. The van der Waals surface area contributed by atoms with E-state index in [0.717, 1.165) is 18.6 Å². The summed E-state index contributed by atoms with van der Waals surface area (Å²) in [7, 11) is 0. The number of hydrogen-bond donors (Lipinski definition) is 1. The van der Waals surface area contributed by atoms with E-state index in [1.807, 2.05) is 0 Å². The highest BCUT2D eigenvalue weighted by Crippen LogP contribution is 2.50. The molecule has 0 spiro atoms. The summed E-state index contributed by atoms with van der Waals surface area (Å²) in [6, 6.07) is 0.836. The maximum Gasteiger partial charge on any atom is 0.0672 e. The zero-order valence-electron chi connectivity index (χ0n) is 12.3. The first-order valence-electron chi connectivity index (χ1n) is 8.27. The molecule has 3 heteroatoms. The summed E-state index contributed by atoms with van der Waals surface area (Å²) in [5.41, 5.74) is 0.470. The van der Waals surface area contributed by atoms with Gasteiger partial charge in [0.2, 0.25) is 0 Å². The Morgan fingerprint density at radius 1 is 1.26 bits per heavy atom. The van der Waals surface area contributed by atoms with E-state index in [-0.39, 0.29) is 0 Å². The van der Waals surface area contributed by atoms with Gasteiger partial charge in [-0.3, -0.25) is 0 Å². The normalized spacial score (nSPS) is 34.9. The topological polar surface area (TPSA) is 21.3 Å². The van der Waals surface area contributed by atoms with Gasteiger partial charge in [0.25, 0.3) is 0 Å². The first kappa shape index (κ1) is 14.2. The molecule has 3 fully saturated rings. The summed E-state index contributed by atoms with van der Waals surface area (Å²) in [6.07, 6.45) is 10.3. The van der Waals surface area contributed by atoms with Gasteiger partial charge in [0.05, 0.1) is 6.10 Å². The van der Waals surface area contributed by atoms with Crippen molar-refractivity contribution in [3.63, 3.8) is 0 Å². The quantitative estimate of drug-likeness (QED) is 0.655. The summed E-state index contributed by atoms with van der Waals surface area (Å²) >= 11 is 2.09. The Morgan fingerprint density at radius 3 is 2.79 bits per heavy atom. The second kappa shape index (κ2) is 6.36. The van der Waals surface area contributed by atoms with Crippen LogP contribution in [-0.4, -0.2) is 36.8 Å². The minimum Gasteiger partial charge on any atom is -0.377 e. The van der Waals surface area contributed by atoms with Gasteiger partial charge in [-0.1, -0.05) is 6.92 Å². The molecule has 2 nitrogen and oxygen atoms in total. The van der Waals surface area contributed by atoms with Gasteiger partial charge in [0, 0.05) is 24.6 Å². The molecule has 0 aromatic rings. The van der Waals surface area contributed by atoms with Crippen LogP contribution in [0.1, 0.15) is 51.9 Å². The molecule has 3 rings (SSSR count). The Hall–Kier alpha value is 0.270. The second-order valence-electron chi connectivity index (χ2n) is 6.70. The lowest BCUT2D eigenvalue weighted by Crippen LogP contribution is -2.42. The van der Waals surface area contributed by atoms with Crippen molar-refractivity contribution in [2.45, 2.75) is 64.0 Å². The van der Waals surface area contributed by atoms with Crippen LogP contribution in [0.15, 0.2) is 0 Å². The largest absolute Gasteiger partial charge is 0.377 e. The predicted octanol–water partition coefficient (Wildman–Crippen LogP) is 3.46. The fourth-order valence-electron chi connectivity index (χ4n) is 3.59. The average molecular weight is 283 g/mol. The molecular weight excluding hydrogens is 254 g/mol. The molecule has 3 aliphatic rings. The lowest BCUT2D eigenvalue weighted by molar-refractivity contribution is 0.0261. The van der Waals surface area contributed by atoms with Crippen molar-refractivity contribution >= 4 is 11.8 Å². The molecule has 19 heavy (non-hydrogen) atoms. The van der Waals surface area contributed by atoms with Gasteiger partial charge in [-0.15, -0.1) is 0 Å². The Balaban J connectivity index is 1.55. The highest BCUT2D eigenvalue weighted by Gasteiger charge is 2.50. The minimum atomic E-state index is 0.470. The molecule has 0 aromatic carbocycles. The van der Waals surface area contributed by atoms with Crippen molar-refractivity contribution in [3.8, 4) is 0 Å². The first-order valence-corrected chi connectivity index (χ1v) is 9.42. The van der Waals surface area contributed by atoms with E-state index in [1.165, 1.54) is 63.0 Å². The monoisotopic (exact) mass is 283 g/mol. The second-order valence-corrected chi connectivity index (χ2v) is 8.09. The van der Waals surface area contributed by atoms with Crippen molar-refractivity contribution in [3.05, 3.63) is 0 Å². The molecule has 2 unspecified atom stereocenters. The molecule has 2 atom stereocenters. The van der Waals surface area contributed by atoms with Crippen LogP contribution in [0.5, 0.6) is 0 Å². The summed E-state index contributed by atoms with van der Waals surface area (Å²) < 4.78 is 6.16. The van der Waals surface area contributed by atoms with E-state index in [4.69, 9.17) is 4.74 Å². The van der Waals surface area contributed by atoms with Gasteiger partial charge >= 0.3 is 0 Å². The molecule has 1 N–H and O–H groups in total. The molecule has 0 bridgehead atoms. The van der Waals surface area contributed by atoms with Crippen LogP contribution in [0, 0.1) is 11.3 Å². The van der Waals surface area contributed by atoms with Gasteiger partial charge in [0.1, 0.15) is 0 Å². The highest BCUT2D eigenvalue weighted by atomic mass is 32.2. The number of thioether (sulfide) groups is 1. The molecular formula is C16H29NOS. The van der Waals surface area contributed by atoms with Crippen molar-refractivity contribution in [2.24, 2.45) is 11.3 Å². The fraction of sp³-hybridized carbons (Fsp3) is 1.00. The number of ether oxygens (including phenoxy) is 1. The van der Waals surface area contributed by atoms with Crippen molar-refractivity contribution in [1.82, 2.24) is 5.32 Å². The van der Waals surface area contributed by atoms with Gasteiger partial charge in [-0.2, -0.15) is 11.8 Å². The Kier molecular flexibility index (Phi) is 4.76. The summed E-state index contributed by atoms with van der Waals surface area (Å²) in [4.78, 5) is 0. The Labute approximate surface area is 122 Å². The third-order valence-electron chi connectivity index (χ3n) is 5.04. The molecule has 2 saturated carbocycles. The molecule has 2 aliphatic carbocycles. The Bertz CT molecular complexity index is 290. The number of nitrogens with one attached hydrogen (secondary N) is 1. The van der Waals surface area contributed by atoms with E-state index in [9.17, 15) is 0 Å². The van der Waals surface area contributed by atoms with Crippen LogP contribution in [0.2, 0.25) is 0 Å². The smallest absolute Gasteiger partial charge is 0.0672 e. The van der Waals surface area contributed by atoms with Crippen LogP contribution in [0.4, 0.5) is 0 Å². The molecule has 0 radical (unpaired) electrons. The van der Waals surface area contributed by atoms with Gasteiger partial charge < -0.3 is 10.1 Å². The standard InChI is InChI=1S/C16H29NOS/c1-2-19-11-3-8-16(12-17-14-6-7-14)9-10-18-15(16)13-4-5-13/h13-15,17H,2-12H2,1H3. The summed E-state index contributed by atoms with van der Waals surface area (Å²) in [5.74, 6) is 3.48. The van der Waals surface area contributed by atoms with E-state index >= 15 is 0 Å². The van der Waals surface area contributed by atoms with E-state index < -0.39 is 0 Å². The third kappa shape index (κ3) is 3.68. The molecule has 1 saturated heterocycles. The van der Waals surface area contributed by atoms with Gasteiger partial charge in [0.15, 0.2) is 0 Å². The van der Waals surface area contributed by atoms with E-state index in [2.05, 4.69) is 24.0 Å². The Morgan fingerprint density at radius 2 is 2.11 bits per heavy atom. The SMILES string of the molecule is CCSCCCC1(CNC2CC2)CCOC1C1CC1. The number of hydrogen-bond acceptors (Lipinski definition) is 3. The zero-order valence-corrected chi connectivity index (χ0v) is 13.1. The van der Waals surface area contributed by atoms with E-state index in [0.29, 0.717) is 11.5 Å². The molecule has 1 aliphatic heterocycles. The van der Waals surface area contributed by atoms with E-state index in [1.54, 1.807) is 0 Å². The lowest BCUT2D eigenvalue weighted by atomic mass is 9.75. The van der Waals surface area contributed by atoms with Crippen LogP contribution in [0.25, 0.3) is 0 Å². The minimum absolute atomic E-state index is 0.470. The number of rotatable bonds is 9. The maximum absolute atomic E-state index is 6.16.